The molecule has 6 nitrogen and oxygen atoms in total. The van der Waals surface area contributed by atoms with Crippen LogP contribution in [0.4, 0.5) is 5.82 Å². The first-order valence-electron chi connectivity index (χ1n) is 12.2. The van der Waals surface area contributed by atoms with Crippen LogP contribution < -0.4 is 9.64 Å². The number of carbonyl (C=O) groups excluding carboxylic acids is 1. The highest BCUT2D eigenvalue weighted by Gasteiger charge is 2.26. The SMILES string of the molecule is CCc1ccc(OC(C)C(=O)N2CCN(c3ccc(-c4cccc5ccccc45)nn3)CC2)cc1. The Morgan fingerprint density at radius 1 is 0.886 bits per heavy atom. The van der Waals surface area contributed by atoms with E-state index in [0.717, 1.165) is 29.2 Å². The molecule has 0 spiro atoms. The molecule has 1 aliphatic rings. The highest BCUT2D eigenvalue weighted by atomic mass is 16.5. The summed E-state index contributed by atoms with van der Waals surface area (Å²) < 4.78 is 5.90. The van der Waals surface area contributed by atoms with Crippen LogP contribution in [0.2, 0.25) is 0 Å². The van der Waals surface area contributed by atoms with Crippen LogP contribution in [-0.2, 0) is 11.2 Å². The molecular formula is C29H30N4O2. The van der Waals surface area contributed by atoms with Gasteiger partial charge in [0.25, 0.3) is 5.91 Å². The zero-order valence-corrected chi connectivity index (χ0v) is 20.2. The molecular weight excluding hydrogens is 436 g/mol. The van der Waals surface area contributed by atoms with E-state index in [4.69, 9.17) is 4.74 Å². The second-order valence-electron chi connectivity index (χ2n) is 8.87. The Bertz CT molecular complexity index is 1290. The van der Waals surface area contributed by atoms with Crippen molar-refractivity contribution in [2.24, 2.45) is 0 Å². The van der Waals surface area contributed by atoms with Gasteiger partial charge in [-0.05, 0) is 53.9 Å². The van der Waals surface area contributed by atoms with E-state index in [2.05, 4.69) is 52.4 Å². The van der Waals surface area contributed by atoms with Crippen molar-refractivity contribution in [1.29, 1.82) is 0 Å². The first-order chi connectivity index (χ1) is 17.1. The summed E-state index contributed by atoms with van der Waals surface area (Å²) in [5.74, 6) is 1.58. The second-order valence-corrected chi connectivity index (χ2v) is 8.87. The number of benzene rings is 3. The molecule has 0 bridgehead atoms. The fourth-order valence-corrected chi connectivity index (χ4v) is 4.56. The van der Waals surface area contributed by atoms with Crippen LogP contribution in [0.1, 0.15) is 19.4 Å². The Morgan fingerprint density at radius 3 is 2.34 bits per heavy atom. The smallest absolute Gasteiger partial charge is 0.263 e. The third kappa shape index (κ3) is 4.97. The Labute approximate surface area is 206 Å². The third-order valence-electron chi connectivity index (χ3n) is 6.62. The third-order valence-corrected chi connectivity index (χ3v) is 6.62. The van der Waals surface area contributed by atoms with Gasteiger partial charge in [0.15, 0.2) is 11.9 Å². The summed E-state index contributed by atoms with van der Waals surface area (Å²) >= 11 is 0. The summed E-state index contributed by atoms with van der Waals surface area (Å²) in [6.07, 6.45) is 0.462. The van der Waals surface area contributed by atoms with Gasteiger partial charge in [-0.3, -0.25) is 4.79 Å². The predicted octanol–water partition coefficient (Wildman–Crippen LogP) is 4.98. The van der Waals surface area contributed by atoms with Crippen LogP contribution in [0.5, 0.6) is 5.75 Å². The molecule has 1 atom stereocenters. The number of carbonyl (C=O) groups is 1. The molecule has 35 heavy (non-hydrogen) atoms. The van der Waals surface area contributed by atoms with Crippen molar-refractivity contribution >= 4 is 22.5 Å². The van der Waals surface area contributed by atoms with E-state index in [1.807, 2.05) is 60.4 Å². The van der Waals surface area contributed by atoms with Gasteiger partial charge in [-0.1, -0.05) is 61.5 Å². The van der Waals surface area contributed by atoms with Gasteiger partial charge in [0, 0.05) is 31.7 Å². The number of aromatic nitrogens is 2. The molecule has 0 N–H and O–H groups in total. The first-order valence-corrected chi connectivity index (χ1v) is 12.2. The Balaban J connectivity index is 1.19. The number of fused-ring (bicyclic) bond motifs is 1. The predicted molar refractivity (Wildman–Crippen MR) is 140 cm³/mol. The molecule has 5 rings (SSSR count). The molecule has 0 radical (unpaired) electrons. The van der Waals surface area contributed by atoms with Crippen LogP contribution in [0.15, 0.2) is 78.9 Å². The van der Waals surface area contributed by atoms with Crippen LogP contribution in [0, 0.1) is 0 Å². The van der Waals surface area contributed by atoms with Crippen LogP contribution in [0.3, 0.4) is 0 Å². The minimum Gasteiger partial charge on any atom is -0.481 e. The monoisotopic (exact) mass is 466 g/mol. The summed E-state index contributed by atoms with van der Waals surface area (Å²) in [6.45, 7) is 6.63. The maximum Gasteiger partial charge on any atom is 0.263 e. The lowest BCUT2D eigenvalue weighted by atomic mass is 10.0. The van der Waals surface area contributed by atoms with Crippen molar-refractivity contribution in [3.63, 3.8) is 0 Å². The molecule has 178 valence electrons. The molecule has 1 unspecified atom stereocenters. The Hall–Kier alpha value is -3.93. The lowest BCUT2D eigenvalue weighted by Crippen LogP contribution is -2.52. The summed E-state index contributed by atoms with van der Waals surface area (Å²) in [5.41, 5.74) is 3.19. The van der Waals surface area contributed by atoms with Crippen LogP contribution in [0.25, 0.3) is 22.0 Å². The molecule has 2 heterocycles. The number of hydrogen-bond donors (Lipinski definition) is 0. The number of anilines is 1. The van der Waals surface area contributed by atoms with Crippen molar-refractivity contribution in [2.45, 2.75) is 26.4 Å². The van der Waals surface area contributed by atoms with Crippen molar-refractivity contribution in [3.8, 4) is 17.0 Å². The van der Waals surface area contributed by atoms with Crippen molar-refractivity contribution in [2.75, 3.05) is 31.1 Å². The normalized spacial score (nSPS) is 14.7. The largest absolute Gasteiger partial charge is 0.481 e. The van der Waals surface area contributed by atoms with Gasteiger partial charge in [0.1, 0.15) is 5.75 Å². The van der Waals surface area contributed by atoms with E-state index < -0.39 is 6.10 Å². The van der Waals surface area contributed by atoms with Gasteiger partial charge in [-0.2, -0.15) is 0 Å². The lowest BCUT2D eigenvalue weighted by Gasteiger charge is -2.36. The zero-order valence-electron chi connectivity index (χ0n) is 20.2. The van der Waals surface area contributed by atoms with E-state index in [1.165, 1.54) is 16.3 Å². The molecule has 1 aliphatic heterocycles. The second kappa shape index (κ2) is 10.1. The highest BCUT2D eigenvalue weighted by Crippen LogP contribution is 2.27. The van der Waals surface area contributed by atoms with Crippen molar-refractivity contribution in [1.82, 2.24) is 15.1 Å². The van der Waals surface area contributed by atoms with E-state index in [0.29, 0.717) is 26.2 Å². The minimum absolute atomic E-state index is 0.0154. The van der Waals surface area contributed by atoms with Crippen LogP contribution in [-0.4, -0.2) is 53.3 Å². The standard InChI is InChI=1S/C29H30N4O2/c1-3-22-11-13-24(14-12-22)35-21(2)29(34)33-19-17-32(18-20-33)28-16-15-27(30-31-28)26-10-6-8-23-7-4-5-9-25(23)26/h4-16,21H,3,17-20H2,1-2H3. The average molecular weight is 467 g/mol. The Kier molecular flexibility index (Phi) is 6.62. The minimum atomic E-state index is -0.520. The van der Waals surface area contributed by atoms with Gasteiger partial charge in [-0.25, -0.2) is 0 Å². The summed E-state index contributed by atoms with van der Waals surface area (Å²) in [5, 5.41) is 11.4. The first kappa shape index (κ1) is 22.8. The molecule has 0 saturated carbocycles. The highest BCUT2D eigenvalue weighted by molar-refractivity contribution is 5.95. The van der Waals surface area contributed by atoms with Gasteiger partial charge in [0.2, 0.25) is 0 Å². The molecule has 1 aromatic heterocycles. The number of amides is 1. The Morgan fingerprint density at radius 2 is 1.63 bits per heavy atom. The fraction of sp³-hybridized carbons (Fsp3) is 0.276. The molecule has 0 aliphatic carbocycles. The van der Waals surface area contributed by atoms with Gasteiger partial charge >= 0.3 is 0 Å². The van der Waals surface area contributed by atoms with Crippen LogP contribution >= 0.6 is 0 Å². The zero-order chi connectivity index (χ0) is 24.2. The van der Waals surface area contributed by atoms with E-state index >= 15 is 0 Å². The number of rotatable bonds is 6. The van der Waals surface area contributed by atoms with Gasteiger partial charge in [0.05, 0.1) is 5.69 Å². The number of aryl methyl sites for hydroxylation is 1. The molecule has 1 amide bonds. The summed E-state index contributed by atoms with van der Waals surface area (Å²) in [6, 6.07) is 26.5. The van der Waals surface area contributed by atoms with E-state index in [1.54, 1.807) is 0 Å². The average Bonchev–Trinajstić information content (AvgIpc) is 2.93. The molecule has 1 fully saturated rings. The molecule has 3 aromatic carbocycles. The topological polar surface area (TPSA) is 58.6 Å². The number of piperazine rings is 1. The molecule has 1 saturated heterocycles. The van der Waals surface area contributed by atoms with E-state index in [-0.39, 0.29) is 5.91 Å². The molecule has 6 heteroatoms. The van der Waals surface area contributed by atoms with Crippen molar-refractivity contribution in [3.05, 3.63) is 84.4 Å². The van der Waals surface area contributed by atoms with Gasteiger partial charge in [-0.15, -0.1) is 10.2 Å². The lowest BCUT2D eigenvalue weighted by molar-refractivity contribution is -0.138. The quantitative estimate of drug-likeness (QED) is 0.401. The number of nitrogens with zero attached hydrogens (tertiary/aromatic N) is 4. The fourth-order valence-electron chi connectivity index (χ4n) is 4.56. The summed E-state index contributed by atoms with van der Waals surface area (Å²) in [4.78, 5) is 17.0. The van der Waals surface area contributed by atoms with Crippen molar-refractivity contribution < 1.29 is 9.53 Å². The van der Waals surface area contributed by atoms with Gasteiger partial charge < -0.3 is 14.5 Å². The number of hydrogen-bond acceptors (Lipinski definition) is 5. The molecule has 4 aromatic rings. The summed E-state index contributed by atoms with van der Waals surface area (Å²) in [7, 11) is 0. The maximum absolute atomic E-state index is 12.9. The van der Waals surface area contributed by atoms with E-state index in [9.17, 15) is 4.79 Å². The number of ether oxygens (including phenoxy) is 1. The maximum atomic E-state index is 12.9.